The molecule has 0 aliphatic carbocycles. The summed E-state index contributed by atoms with van der Waals surface area (Å²) in [7, 11) is 3.99. The SMILES string of the molecule is CN(C)CCCNC(=O)c1ccc(Br)c(O)c1. The lowest BCUT2D eigenvalue weighted by Gasteiger charge is -2.10. The zero-order chi connectivity index (χ0) is 12.8. The highest BCUT2D eigenvalue weighted by molar-refractivity contribution is 9.10. The predicted molar refractivity (Wildman–Crippen MR) is 71.3 cm³/mol. The number of hydrogen-bond donors (Lipinski definition) is 2. The van der Waals surface area contributed by atoms with Gasteiger partial charge in [-0.25, -0.2) is 0 Å². The van der Waals surface area contributed by atoms with Crippen molar-refractivity contribution >= 4 is 21.8 Å². The van der Waals surface area contributed by atoms with E-state index in [-0.39, 0.29) is 11.7 Å². The number of halogens is 1. The van der Waals surface area contributed by atoms with Gasteiger partial charge in [-0.3, -0.25) is 4.79 Å². The third kappa shape index (κ3) is 4.75. The van der Waals surface area contributed by atoms with Crippen molar-refractivity contribution in [3.8, 4) is 5.75 Å². The van der Waals surface area contributed by atoms with Crippen LogP contribution >= 0.6 is 15.9 Å². The predicted octanol–water partition coefficient (Wildman–Crippen LogP) is 1.84. The quantitative estimate of drug-likeness (QED) is 0.816. The van der Waals surface area contributed by atoms with Crippen molar-refractivity contribution in [2.45, 2.75) is 6.42 Å². The van der Waals surface area contributed by atoms with Crippen LogP contribution in [-0.2, 0) is 0 Å². The molecule has 0 aromatic heterocycles. The number of carbonyl (C=O) groups is 1. The van der Waals surface area contributed by atoms with Gasteiger partial charge in [-0.1, -0.05) is 0 Å². The molecule has 0 saturated carbocycles. The Hall–Kier alpha value is -1.07. The lowest BCUT2D eigenvalue weighted by Crippen LogP contribution is -2.27. The highest BCUT2D eigenvalue weighted by atomic mass is 79.9. The van der Waals surface area contributed by atoms with Crippen LogP contribution in [0.3, 0.4) is 0 Å². The Labute approximate surface area is 110 Å². The number of carbonyl (C=O) groups excluding carboxylic acids is 1. The number of rotatable bonds is 5. The van der Waals surface area contributed by atoms with Gasteiger partial charge in [-0.15, -0.1) is 0 Å². The standard InChI is InChI=1S/C12H17BrN2O2/c1-15(2)7-3-6-14-12(17)9-4-5-10(13)11(16)8-9/h4-5,8,16H,3,6-7H2,1-2H3,(H,14,17). The van der Waals surface area contributed by atoms with Crippen molar-refractivity contribution in [3.63, 3.8) is 0 Å². The maximum absolute atomic E-state index is 11.7. The fourth-order valence-corrected chi connectivity index (χ4v) is 1.60. The Morgan fingerprint density at radius 2 is 2.18 bits per heavy atom. The van der Waals surface area contributed by atoms with Gasteiger partial charge in [0.1, 0.15) is 5.75 Å². The molecule has 0 atom stereocenters. The molecule has 2 N–H and O–H groups in total. The van der Waals surface area contributed by atoms with Crippen LogP contribution in [0.15, 0.2) is 22.7 Å². The van der Waals surface area contributed by atoms with Gasteiger partial charge in [0, 0.05) is 12.1 Å². The molecule has 1 aromatic carbocycles. The van der Waals surface area contributed by atoms with E-state index in [0.717, 1.165) is 13.0 Å². The van der Waals surface area contributed by atoms with Crippen LogP contribution in [0.1, 0.15) is 16.8 Å². The number of phenolic OH excluding ortho intramolecular Hbond substituents is 1. The first-order valence-corrected chi connectivity index (χ1v) is 6.21. The van der Waals surface area contributed by atoms with E-state index in [4.69, 9.17) is 0 Å². The Kier molecular flexibility index (Phi) is 5.44. The fraction of sp³-hybridized carbons (Fsp3) is 0.417. The van der Waals surface area contributed by atoms with E-state index < -0.39 is 0 Å². The van der Waals surface area contributed by atoms with E-state index in [2.05, 4.69) is 26.1 Å². The van der Waals surface area contributed by atoms with E-state index in [1.807, 2.05) is 14.1 Å². The van der Waals surface area contributed by atoms with Crippen LogP contribution in [0.4, 0.5) is 0 Å². The molecule has 0 spiro atoms. The third-order valence-corrected chi connectivity index (χ3v) is 2.95. The second-order valence-electron chi connectivity index (χ2n) is 4.08. The molecule has 0 fully saturated rings. The smallest absolute Gasteiger partial charge is 0.251 e. The van der Waals surface area contributed by atoms with E-state index in [0.29, 0.717) is 16.6 Å². The molecule has 1 aromatic rings. The van der Waals surface area contributed by atoms with E-state index in [1.54, 1.807) is 12.1 Å². The molecule has 4 nitrogen and oxygen atoms in total. The van der Waals surface area contributed by atoms with Gasteiger partial charge in [-0.2, -0.15) is 0 Å². The number of nitrogens with one attached hydrogen (secondary N) is 1. The fourth-order valence-electron chi connectivity index (χ4n) is 1.35. The van der Waals surface area contributed by atoms with E-state index in [1.165, 1.54) is 6.07 Å². The summed E-state index contributed by atoms with van der Waals surface area (Å²) in [5.74, 6) is -0.0857. The number of aromatic hydroxyl groups is 1. The van der Waals surface area contributed by atoms with Crippen LogP contribution in [0.5, 0.6) is 5.75 Å². The van der Waals surface area contributed by atoms with Gasteiger partial charge in [-0.05, 0) is 61.2 Å². The summed E-state index contributed by atoms with van der Waals surface area (Å²) in [6.07, 6.45) is 0.904. The number of hydrogen-bond acceptors (Lipinski definition) is 3. The molecule has 0 radical (unpaired) electrons. The van der Waals surface area contributed by atoms with Crippen molar-refractivity contribution in [3.05, 3.63) is 28.2 Å². The minimum Gasteiger partial charge on any atom is -0.507 e. The highest BCUT2D eigenvalue weighted by Crippen LogP contribution is 2.24. The average Bonchev–Trinajstić information content (AvgIpc) is 2.27. The normalized spacial score (nSPS) is 10.6. The first-order valence-electron chi connectivity index (χ1n) is 5.42. The van der Waals surface area contributed by atoms with Gasteiger partial charge in [0.15, 0.2) is 0 Å². The van der Waals surface area contributed by atoms with Crippen molar-refractivity contribution in [2.75, 3.05) is 27.2 Å². The minimum absolute atomic E-state index is 0.0749. The minimum atomic E-state index is -0.161. The summed E-state index contributed by atoms with van der Waals surface area (Å²) in [5.41, 5.74) is 0.468. The molecule has 0 aliphatic rings. The summed E-state index contributed by atoms with van der Waals surface area (Å²) < 4.78 is 0.585. The monoisotopic (exact) mass is 300 g/mol. The lowest BCUT2D eigenvalue weighted by molar-refractivity contribution is 0.0952. The molecule has 94 valence electrons. The Bertz CT molecular complexity index is 394. The van der Waals surface area contributed by atoms with Crippen molar-refractivity contribution in [1.29, 1.82) is 0 Å². The average molecular weight is 301 g/mol. The van der Waals surface area contributed by atoms with Crippen LogP contribution in [0.2, 0.25) is 0 Å². The maximum Gasteiger partial charge on any atom is 0.251 e. The molecule has 5 heteroatoms. The second kappa shape index (κ2) is 6.61. The van der Waals surface area contributed by atoms with Gasteiger partial charge in [0.05, 0.1) is 4.47 Å². The van der Waals surface area contributed by atoms with Gasteiger partial charge in [0.2, 0.25) is 0 Å². The van der Waals surface area contributed by atoms with E-state index >= 15 is 0 Å². The number of amides is 1. The van der Waals surface area contributed by atoms with Crippen molar-refractivity contribution < 1.29 is 9.90 Å². The second-order valence-corrected chi connectivity index (χ2v) is 4.93. The molecule has 1 amide bonds. The zero-order valence-corrected chi connectivity index (χ0v) is 11.6. The Balaban J connectivity index is 2.44. The van der Waals surface area contributed by atoms with Crippen LogP contribution in [0, 0.1) is 0 Å². The van der Waals surface area contributed by atoms with Gasteiger partial charge in [0.25, 0.3) is 5.91 Å². The Morgan fingerprint density at radius 3 is 2.76 bits per heavy atom. The topological polar surface area (TPSA) is 52.6 Å². The van der Waals surface area contributed by atoms with E-state index in [9.17, 15) is 9.90 Å². The number of phenols is 1. The molecule has 0 bridgehead atoms. The highest BCUT2D eigenvalue weighted by Gasteiger charge is 2.07. The lowest BCUT2D eigenvalue weighted by atomic mass is 10.2. The van der Waals surface area contributed by atoms with Crippen LogP contribution < -0.4 is 5.32 Å². The van der Waals surface area contributed by atoms with Gasteiger partial charge >= 0.3 is 0 Å². The van der Waals surface area contributed by atoms with Crippen molar-refractivity contribution in [1.82, 2.24) is 10.2 Å². The number of benzene rings is 1. The largest absolute Gasteiger partial charge is 0.507 e. The molecule has 0 aliphatic heterocycles. The summed E-state index contributed by atoms with van der Waals surface area (Å²) in [6, 6.07) is 4.78. The zero-order valence-electron chi connectivity index (χ0n) is 10.0. The molecule has 0 heterocycles. The summed E-state index contributed by atoms with van der Waals surface area (Å²) in [6.45, 7) is 1.57. The molecule has 0 unspecified atom stereocenters. The maximum atomic E-state index is 11.7. The third-order valence-electron chi connectivity index (χ3n) is 2.28. The molecule has 17 heavy (non-hydrogen) atoms. The Morgan fingerprint density at radius 1 is 1.47 bits per heavy atom. The molecule has 0 saturated heterocycles. The van der Waals surface area contributed by atoms with Crippen LogP contribution in [0.25, 0.3) is 0 Å². The summed E-state index contributed by atoms with van der Waals surface area (Å²) in [5, 5.41) is 12.3. The number of nitrogens with zero attached hydrogens (tertiary/aromatic N) is 1. The van der Waals surface area contributed by atoms with Gasteiger partial charge < -0.3 is 15.3 Å². The molecular formula is C12H17BrN2O2. The summed E-state index contributed by atoms with van der Waals surface area (Å²) >= 11 is 3.17. The van der Waals surface area contributed by atoms with Crippen LogP contribution in [-0.4, -0.2) is 43.1 Å². The van der Waals surface area contributed by atoms with Crippen molar-refractivity contribution in [2.24, 2.45) is 0 Å². The summed E-state index contributed by atoms with van der Waals surface area (Å²) in [4.78, 5) is 13.8. The molecular weight excluding hydrogens is 284 g/mol. The first kappa shape index (κ1) is 14.0. The first-order chi connectivity index (χ1) is 8.00. The molecule has 1 rings (SSSR count).